The lowest BCUT2D eigenvalue weighted by atomic mass is 10.2. The third-order valence-corrected chi connectivity index (χ3v) is 5.78. The number of likely N-dealkylation sites (tertiary alicyclic amines) is 1. The van der Waals surface area contributed by atoms with Gasteiger partial charge in [0.2, 0.25) is 5.91 Å². The molecular weight excluding hydrogens is 344 g/mol. The summed E-state index contributed by atoms with van der Waals surface area (Å²) in [6.45, 7) is 8.51. The van der Waals surface area contributed by atoms with Crippen molar-refractivity contribution in [2.75, 3.05) is 52.4 Å². The zero-order valence-electron chi connectivity index (χ0n) is 15.8. The minimum Gasteiger partial charge on any atom is -0.408 e. The third kappa shape index (κ3) is 4.25. The quantitative estimate of drug-likeness (QED) is 0.763. The molecule has 0 saturated carbocycles. The Morgan fingerprint density at radius 3 is 2.30 bits per heavy atom. The summed E-state index contributed by atoms with van der Waals surface area (Å²) in [6, 6.07) is 7.33. The molecule has 7 heteroatoms. The Hall–Kier alpha value is -2.12. The zero-order valence-corrected chi connectivity index (χ0v) is 15.8. The molecule has 0 N–H and O–H groups in total. The van der Waals surface area contributed by atoms with Crippen LogP contribution in [0.25, 0.3) is 11.1 Å². The first-order valence-corrected chi connectivity index (χ1v) is 10.0. The van der Waals surface area contributed by atoms with Crippen LogP contribution in [0.2, 0.25) is 0 Å². The number of oxazole rings is 1. The lowest BCUT2D eigenvalue weighted by Crippen LogP contribution is -2.50. The van der Waals surface area contributed by atoms with Crippen molar-refractivity contribution in [3.8, 4) is 0 Å². The predicted molar refractivity (Wildman–Crippen MR) is 104 cm³/mol. The number of fused-ring (bicyclic) bond motifs is 1. The van der Waals surface area contributed by atoms with Crippen molar-refractivity contribution in [1.29, 1.82) is 0 Å². The smallest absolute Gasteiger partial charge is 0.408 e. The minimum atomic E-state index is -0.393. The number of hydrogen-bond acceptors (Lipinski definition) is 5. The van der Waals surface area contributed by atoms with Crippen molar-refractivity contribution in [3.63, 3.8) is 0 Å². The molecule has 0 atom stereocenters. The number of para-hydroxylation sites is 2. The van der Waals surface area contributed by atoms with E-state index < -0.39 is 5.76 Å². The van der Waals surface area contributed by atoms with Gasteiger partial charge in [-0.3, -0.25) is 14.3 Å². The number of piperazine rings is 1. The Kier molecular flexibility index (Phi) is 5.59. The van der Waals surface area contributed by atoms with Crippen molar-refractivity contribution in [1.82, 2.24) is 19.3 Å². The highest BCUT2D eigenvalue weighted by Crippen LogP contribution is 2.13. The first-order chi connectivity index (χ1) is 13.2. The SMILES string of the molecule is O=C(CCn1c(=O)oc2ccccc21)N1CCN(CCN2CCCC2)CC1. The van der Waals surface area contributed by atoms with Crippen molar-refractivity contribution >= 4 is 17.0 Å². The Morgan fingerprint density at radius 2 is 1.56 bits per heavy atom. The van der Waals surface area contributed by atoms with E-state index in [2.05, 4.69) is 9.80 Å². The number of nitrogens with zero attached hydrogens (tertiary/aromatic N) is 4. The molecule has 0 radical (unpaired) electrons. The Labute approximate surface area is 159 Å². The van der Waals surface area contributed by atoms with Gasteiger partial charge in [0.15, 0.2) is 5.58 Å². The monoisotopic (exact) mass is 372 g/mol. The summed E-state index contributed by atoms with van der Waals surface area (Å²) >= 11 is 0. The summed E-state index contributed by atoms with van der Waals surface area (Å²) in [5, 5.41) is 0. The van der Waals surface area contributed by atoms with Crippen LogP contribution in [0.3, 0.4) is 0 Å². The van der Waals surface area contributed by atoms with Gasteiger partial charge in [0.1, 0.15) is 0 Å². The third-order valence-electron chi connectivity index (χ3n) is 5.78. The zero-order chi connectivity index (χ0) is 18.6. The minimum absolute atomic E-state index is 0.117. The number of carbonyl (C=O) groups is 1. The van der Waals surface area contributed by atoms with Gasteiger partial charge in [0.05, 0.1) is 5.52 Å². The van der Waals surface area contributed by atoms with E-state index in [1.54, 1.807) is 10.6 Å². The number of aromatic nitrogens is 1. The normalized spacial score (nSPS) is 19.2. The Balaban J connectivity index is 1.24. The number of hydrogen-bond donors (Lipinski definition) is 0. The van der Waals surface area contributed by atoms with E-state index in [9.17, 15) is 9.59 Å². The fourth-order valence-electron chi connectivity index (χ4n) is 4.10. The van der Waals surface area contributed by atoms with Crippen molar-refractivity contribution in [2.24, 2.45) is 0 Å². The molecule has 0 unspecified atom stereocenters. The average molecular weight is 372 g/mol. The van der Waals surface area contributed by atoms with E-state index in [1.165, 1.54) is 25.9 Å². The molecule has 2 aromatic rings. The molecule has 1 aromatic heterocycles. The molecule has 2 fully saturated rings. The molecule has 1 amide bonds. The highest BCUT2D eigenvalue weighted by Gasteiger charge is 2.22. The van der Waals surface area contributed by atoms with Gasteiger partial charge in [-0.15, -0.1) is 0 Å². The second-order valence-corrected chi connectivity index (χ2v) is 7.51. The van der Waals surface area contributed by atoms with Crippen LogP contribution >= 0.6 is 0 Å². The molecule has 0 aliphatic carbocycles. The maximum atomic E-state index is 12.6. The highest BCUT2D eigenvalue weighted by molar-refractivity contribution is 5.77. The topological polar surface area (TPSA) is 61.9 Å². The Bertz CT molecular complexity index is 829. The van der Waals surface area contributed by atoms with Gasteiger partial charge in [0, 0.05) is 52.2 Å². The molecule has 4 rings (SSSR count). The molecule has 0 bridgehead atoms. The maximum Gasteiger partial charge on any atom is 0.419 e. The molecule has 2 saturated heterocycles. The number of rotatable bonds is 6. The lowest BCUT2D eigenvalue weighted by Gasteiger charge is -2.35. The van der Waals surface area contributed by atoms with Crippen LogP contribution in [0.15, 0.2) is 33.5 Å². The van der Waals surface area contributed by atoms with Crippen molar-refractivity contribution in [2.45, 2.75) is 25.8 Å². The van der Waals surface area contributed by atoms with Gasteiger partial charge < -0.3 is 14.2 Å². The summed E-state index contributed by atoms with van der Waals surface area (Å²) in [7, 11) is 0. The number of benzene rings is 1. The van der Waals surface area contributed by atoms with E-state index in [0.717, 1.165) is 44.8 Å². The van der Waals surface area contributed by atoms with Crippen LogP contribution in [0.4, 0.5) is 0 Å². The van der Waals surface area contributed by atoms with Crippen LogP contribution < -0.4 is 5.76 Å². The van der Waals surface area contributed by atoms with E-state index in [-0.39, 0.29) is 5.91 Å². The standard InChI is InChI=1S/C20H28N4O3/c25-19(7-10-24-17-5-1-2-6-18(17)27-20(24)26)23-15-13-22(14-16-23)12-11-21-8-3-4-9-21/h1-2,5-6H,3-4,7-16H2. The molecule has 27 heavy (non-hydrogen) atoms. The first-order valence-electron chi connectivity index (χ1n) is 10.0. The summed E-state index contributed by atoms with van der Waals surface area (Å²) in [4.78, 5) is 31.5. The van der Waals surface area contributed by atoms with E-state index >= 15 is 0 Å². The van der Waals surface area contributed by atoms with Gasteiger partial charge in [-0.25, -0.2) is 4.79 Å². The van der Waals surface area contributed by atoms with Crippen molar-refractivity contribution < 1.29 is 9.21 Å². The predicted octanol–water partition coefficient (Wildman–Crippen LogP) is 1.22. The molecule has 146 valence electrons. The fraction of sp³-hybridized carbons (Fsp3) is 0.600. The van der Waals surface area contributed by atoms with E-state index in [1.807, 2.05) is 23.1 Å². The molecule has 2 aliphatic rings. The van der Waals surface area contributed by atoms with Crippen LogP contribution in [-0.4, -0.2) is 77.5 Å². The van der Waals surface area contributed by atoms with E-state index in [0.29, 0.717) is 18.5 Å². The lowest BCUT2D eigenvalue weighted by molar-refractivity contribution is -0.133. The summed E-state index contributed by atoms with van der Waals surface area (Å²) in [5.41, 5.74) is 1.32. The molecule has 2 aliphatic heterocycles. The van der Waals surface area contributed by atoms with Gasteiger partial charge in [-0.05, 0) is 38.1 Å². The van der Waals surface area contributed by atoms with Crippen LogP contribution in [0, 0.1) is 0 Å². The molecule has 1 aromatic carbocycles. The number of amides is 1. The average Bonchev–Trinajstić information content (AvgIpc) is 3.32. The molecule has 0 spiro atoms. The van der Waals surface area contributed by atoms with Crippen LogP contribution in [0.1, 0.15) is 19.3 Å². The Morgan fingerprint density at radius 1 is 0.889 bits per heavy atom. The summed E-state index contributed by atoms with van der Waals surface area (Å²) in [6.07, 6.45) is 2.99. The maximum absolute atomic E-state index is 12.6. The van der Waals surface area contributed by atoms with Gasteiger partial charge in [-0.1, -0.05) is 12.1 Å². The molecule has 3 heterocycles. The fourth-order valence-corrected chi connectivity index (χ4v) is 4.10. The number of aryl methyl sites for hydroxylation is 1. The van der Waals surface area contributed by atoms with Crippen LogP contribution in [-0.2, 0) is 11.3 Å². The van der Waals surface area contributed by atoms with Gasteiger partial charge in [0.25, 0.3) is 0 Å². The van der Waals surface area contributed by atoms with Gasteiger partial charge >= 0.3 is 5.76 Å². The number of carbonyl (C=O) groups excluding carboxylic acids is 1. The largest absolute Gasteiger partial charge is 0.419 e. The highest BCUT2D eigenvalue weighted by atomic mass is 16.4. The molecule has 7 nitrogen and oxygen atoms in total. The summed E-state index contributed by atoms with van der Waals surface area (Å²) in [5.74, 6) is -0.276. The second-order valence-electron chi connectivity index (χ2n) is 7.51. The van der Waals surface area contributed by atoms with E-state index in [4.69, 9.17) is 4.42 Å². The molecular formula is C20H28N4O3. The van der Waals surface area contributed by atoms with Crippen LogP contribution in [0.5, 0.6) is 0 Å². The second kappa shape index (κ2) is 8.27. The summed E-state index contributed by atoms with van der Waals surface area (Å²) < 4.78 is 6.79. The van der Waals surface area contributed by atoms with Crippen molar-refractivity contribution in [3.05, 3.63) is 34.8 Å². The van der Waals surface area contributed by atoms with Gasteiger partial charge in [-0.2, -0.15) is 0 Å². The first kappa shape index (κ1) is 18.3.